The van der Waals surface area contributed by atoms with Gasteiger partial charge in [0.15, 0.2) is 0 Å². The van der Waals surface area contributed by atoms with E-state index in [0.29, 0.717) is 18.7 Å². The molecule has 2 amide bonds. The Balaban J connectivity index is 2.41. The van der Waals surface area contributed by atoms with Gasteiger partial charge in [-0.2, -0.15) is 0 Å². The lowest BCUT2D eigenvalue weighted by Gasteiger charge is -2.08. The summed E-state index contributed by atoms with van der Waals surface area (Å²) in [5, 5.41) is 8.53. The molecule has 0 saturated heterocycles. The first-order valence-electron chi connectivity index (χ1n) is 7.17. The van der Waals surface area contributed by atoms with Crippen LogP contribution in [0.25, 0.3) is 0 Å². The van der Waals surface area contributed by atoms with Gasteiger partial charge < -0.3 is 16.0 Å². The summed E-state index contributed by atoms with van der Waals surface area (Å²) in [6.07, 6.45) is 3.66. The Hall–Kier alpha value is -2.30. The van der Waals surface area contributed by atoms with E-state index in [1.54, 1.807) is 30.3 Å². The molecule has 21 heavy (non-hydrogen) atoms. The van der Waals surface area contributed by atoms with Gasteiger partial charge in [-0.25, -0.2) is 0 Å². The van der Waals surface area contributed by atoms with Gasteiger partial charge in [0.25, 0.3) is 5.91 Å². The van der Waals surface area contributed by atoms with Gasteiger partial charge >= 0.3 is 0 Å². The molecule has 0 saturated carbocycles. The molecule has 0 aromatic heterocycles. The van der Waals surface area contributed by atoms with Crippen molar-refractivity contribution in [2.24, 2.45) is 0 Å². The van der Waals surface area contributed by atoms with Crippen LogP contribution in [0.1, 0.15) is 30.1 Å². The maximum absolute atomic E-state index is 11.8. The lowest BCUT2D eigenvalue weighted by molar-refractivity contribution is -0.119. The van der Waals surface area contributed by atoms with Gasteiger partial charge in [-0.3, -0.25) is 9.59 Å². The molecule has 3 N–H and O–H groups in total. The minimum Gasteiger partial charge on any atom is -0.376 e. The number of anilines is 1. The van der Waals surface area contributed by atoms with Crippen LogP contribution in [-0.2, 0) is 4.79 Å². The highest BCUT2D eigenvalue weighted by Crippen LogP contribution is 2.09. The molecule has 0 aliphatic carbocycles. The molecule has 0 fully saturated rings. The fourth-order valence-electron chi connectivity index (χ4n) is 1.65. The monoisotopic (exact) mass is 289 g/mol. The van der Waals surface area contributed by atoms with Crippen molar-refractivity contribution < 1.29 is 9.59 Å². The highest BCUT2D eigenvalue weighted by molar-refractivity contribution is 5.94. The van der Waals surface area contributed by atoms with Crippen LogP contribution in [0.3, 0.4) is 0 Å². The summed E-state index contributed by atoms with van der Waals surface area (Å²) in [6.45, 7) is 6.95. The zero-order valence-corrected chi connectivity index (χ0v) is 12.4. The first-order chi connectivity index (χ1) is 10.2. The van der Waals surface area contributed by atoms with Crippen molar-refractivity contribution in [2.75, 3.05) is 25.0 Å². The number of carbonyl (C=O) groups is 2. The zero-order chi connectivity index (χ0) is 15.5. The Bertz CT molecular complexity index is 469. The topological polar surface area (TPSA) is 70.2 Å². The standard InChI is InChI=1S/C16H23N3O2/c1-3-5-11-18-16(21)13-6-8-14(9-7-13)19-12-15(20)17-10-4-2/h4,6-9,19H,2-3,5,10-12H2,1H3,(H,17,20)(H,18,21). The molecule has 114 valence electrons. The van der Waals surface area contributed by atoms with Crippen LogP contribution < -0.4 is 16.0 Å². The van der Waals surface area contributed by atoms with E-state index in [-0.39, 0.29) is 18.4 Å². The zero-order valence-electron chi connectivity index (χ0n) is 12.4. The number of nitrogens with one attached hydrogen (secondary N) is 3. The number of carbonyl (C=O) groups excluding carboxylic acids is 2. The molecule has 0 aliphatic rings. The number of unbranched alkanes of at least 4 members (excludes halogenated alkanes) is 1. The van der Waals surface area contributed by atoms with Gasteiger partial charge in [-0.15, -0.1) is 6.58 Å². The number of benzene rings is 1. The van der Waals surface area contributed by atoms with Crippen LogP contribution in [0.5, 0.6) is 0 Å². The van der Waals surface area contributed by atoms with Gasteiger partial charge in [-0.1, -0.05) is 19.4 Å². The molecule has 1 aromatic rings. The predicted octanol–water partition coefficient (Wildman–Crippen LogP) is 1.93. The summed E-state index contributed by atoms with van der Waals surface area (Å²) in [5.41, 5.74) is 1.42. The van der Waals surface area contributed by atoms with Crippen LogP contribution in [-0.4, -0.2) is 31.4 Å². The maximum atomic E-state index is 11.8. The Kier molecular flexibility index (Phi) is 7.64. The fourth-order valence-corrected chi connectivity index (χ4v) is 1.65. The van der Waals surface area contributed by atoms with Gasteiger partial charge in [0.2, 0.25) is 5.91 Å². The average Bonchev–Trinajstić information content (AvgIpc) is 2.51. The molecule has 1 aromatic carbocycles. The van der Waals surface area contributed by atoms with Gasteiger partial charge in [0.05, 0.1) is 6.54 Å². The van der Waals surface area contributed by atoms with E-state index < -0.39 is 0 Å². The quantitative estimate of drug-likeness (QED) is 0.480. The third-order valence-electron chi connectivity index (χ3n) is 2.86. The fraction of sp³-hybridized carbons (Fsp3) is 0.375. The van der Waals surface area contributed by atoms with Gasteiger partial charge in [0.1, 0.15) is 0 Å². The van der Waals surface area contributed by atoms with Crippen molar-refractivity contribution in [2.45, 2.75) is 19.8 Å². The van der Waals surface area contributed by atoms with Crippen molar-refractivity contribution in [1.82, 2.24) is 10.6 Å². The molecule has 0 radical (unpaired) electrons. The van der Waals surface area contributed by atoms with Crippen LogP contribution in [0.15, 0.2) is 36.9 Å². The third kappa shape index (κ3) is 6.61. The average molecular weight is 289 g/mol. The van der Waals surface area contributed by atoms with Crippen LogP contribution in [0, 0.1) is 0 Å². The van der Waals surface area contributed by atoms with Crippen molar-refractivity contribution in [3.05, 3.63) is 42.5 Å². The van der Waals surface area contributed by atoms with E-state index in [2.05, 4.69) is 29.5 Å². The van der Waals surface area contributed by atoms with Gasteiger partial charge in [0, 0.05) is 24.3 Å². The highest BCUT2D eigenvalue weighted by atomic mass is 16.2. The second-order valence-electron chi connectivity index (χ2n) is 4.63. The number of amides is 2. The Morgan fingerprint density at radius 1 is 1.19 bits per heavy atom. The van der Waals surface area contributed by atoms with Crippen molar-refractivity contribution in [3.8, 4) is 0 Å². The molecule has 5 nitrogen and oxygen atoms in total. The van der Waals surface area contributed by atoms with Crippen molar-refractivity contribution in [1.29, 1.82) is 0 Å². The smallest absolute Gasteiger partial charge is 0.251 e. The third-order valence-corrected chi connectivity index (χ3v) is 2.86. The molecule has 0 spiro atoms. The minimum absolute atomic E-state index is 0.0706. The maximum Gasteiger partial charge on any atom is 0.251 e. The Labute approximate surface area is 125 Å². The molecule has 0 bridgehead atoms. The highest BCUT2D eigenvalue weighted by Gasteiger charge is 2.05. The van der Waals surface area contributed by atoms with Crippen LogP contribution >= 0.6 is 0 Å². The van der Waals surface area contributed by atoms with Crippen molar-refractivity contribution in [3.63, 3.8) is 0 Å². The number of rotatable bonds is 9. The second kappa shape index (κ2) is 9.58. The minimum atomic E-state index is -0.101. The first-order valence-corrected chi connectivity index (χ1v) is 7.17. The summed E-state index contributed by atoms with van der Waals surface area (Å²) in [6, 6.07) is 7.06. The van der Waals surface area contributed by atoms with E-state index in [4.69, 9.17) is 0 Å². The molecule has 0 aliphatic heterocycles. The molecule has 0 atom stereocenters. The predicted molar refractivity (Wildman–Crippen MR) is 85.4 cm³/mol. The summed E-state index contributed by atoms with van der Waals surface area (Å²) in [5.74, 6) is -0.171. The molecule has 1 rings (SSSR count). The molecular weight excluding hydrogens is 266 g/mol. The SMILES string of the molecule is C=CCNC(=O)CNc1ccc(C(=O)NCCCC)cc1. The first kappa shape index (κ1) is 16.8. The summed E-state index contributed by atoms with van der Waals surface area (Å²) in [7, 11) is 0. The van der Waals surface area contributed by atoms with Crippen LogP contribution in [0.4, 0.5) is 5.69 Å². The van der Waals surface area contributed by atoms with E-state index in [1.165, 1.54) is 0 Å². The number of hydrogen-bond donors (Lipinski definition) is 3. The lowest BCUT2D eigenvalue weighted by atomic mass is 10.2. The summed E-state index contributed by atoms with van der Waals surface area (Å²) >= 11 is 0. The van der Waals surface area contributed by atoms with Gasteiger partial charge in [-0.05, 0) is 30.7 Å². The number of hydrogen-bond acceptors (Lipinski definition) is 3. The summed E-state index contributed by atoms with van der Waals surface area (Å²) < 4.78 is 0. The lowest BCUT2D eigenvalue weighted by Crippen LogP contribution is -2.29. The van der Waals surface area contributed by atoms with E-state index in [0.717, 1.165) is 18.5 Å². The normalized spacial score (nSPS) is 9.76. The summed E-state index contributed by atoms with van der Waals surface area (Å²) in [4.78, 5) is 23.2. The Morgan fingerprint density at radius 2 is 1.90 bits per heavy atom. The molecular formula is C16H23N3O2. The molecule has 0 unspecified atom stereocenters. The molecule has 5 heteroatoms. The molecule has 0 heterocycles. The van der Waals surface area contributed by atoms with Crippen molar-refractivity contribution >= 4 is 17.5 Å². The largest absolute Gasteiger partial charge is 0.376 e. The van der Waals surface area contributed by atoms with E-state index >= 15 is 0 Å². The second-order valence-corrected chi connectivity index (χ2v) is 4.63. The van der Waals surface area contributed by atoms with E-state index in [1.807, 2.05) is 0 Å². The van der Waals surface area contributed by atoms with E-state index in [9.17, 15) is 9.59 Å². The van der Waals surface area contributed by atoms with Crippen LogP contribution in [0.2, 0.25) is 0 Å². The Morgan fingerprint density at radius 3 is 2.52 bits per heavy atom.